The fourth-order valence-electron chi connectivity index (χ4n) is 2.89. The quantitative estimate of drug-likeness (QED) is 0.858. The third kappa shape index (κ3) is 3.95. The summed E-state index contributed by atoms with van der Waals surface area (Å²) in [5.41, 5.74) is 1.29. The van der Waals surface area contributed by atoms with Gasteiger partial charge in [-0.2, -0.15) is 0 Å². The van der Waals surface area contributed by atoms with Gasteiger partial charge in [-0.05, 0) is 49.8 Å². The summed E-state index contributed by atoms with van der Waals surface area (Å²) in [6.45, 7) is 2.20. The van der Waals surface area contributed by atoms with Crippen LogP contribution in [0, 0.1) is 0 Å². The monoisotopic (exact) mass is 263 g/mol. The van der Waals surface area contributed by atoms with Crippen LogP contribution < -0.4 is 10.1 Å². The maximum absolute atomic E-state index is 9.75. The lowest BCUT2D eigenvalue weighted by atomic mass is 9.91. The maximum Gasteiger partial charge on any atom is 0.118 e. The number of aliphatic hydroxyl groups is 1. The van der Waals surface area contributed by atoms with Gasteiger partial charge in [-0.25, -0.2) is 0 Å². The van der Waals surface area contributed by atoms with E-state index in [2.05, 4.69) is 24.4 Å². The molecule has 0 bridgehead atoms. The molecule has 19 heavy (non-hydrogen) atoms. The molecule has 3 heteroatoms. The largest absolute Gasteiger partial charge is 0.497 e. The fourth-order valence-corrected chi connectivity index (χ4v) is 2.89. The predicted octanol–water partition coefficient (Wildman–Crippen LogP) is 3.04. The van der Waals surface area contributed by atoms with Crippen LogP contribution in [0.1, 0.15) is 50.6 Å². The lowest BCUT2D eigenvalue weighted by Gasteiger charge is -2.30. The van der Waals surface area contributed by atoms with Crippen molar-refractivity contribution in [2.24, 2.45) is 0 Å². The Kier molecular flexibility index (Phi) is 5.23. The Morgan fingerprint density at radius 2 is 2.05 bits per heavy atom. The molecule has 0 radical (unpaired) electrons. The van der Waals surface area contributed by atoms with Crippen molar-refractivity contribution in [3.63, 3.8) is 0 Å². The number of benzene rings is 1. The van der Waals surface area contributed by atoms with Gasteiger partial charge in [0, 0.05) is 12.1 Å². The summed E-state index contributed by atoms with van der Waals surface area (Å²) in [7, 11) is 1.69. The molecule has 2 rings (SSSR count). The third-order valence-corrected chi connectivity index (χ3v) is 4.01. The van der Waals surface area contributed by atoms with Gasteiger partial charge < -0.3 is 15.2 Å². The summed E-state index contributed by atoms with van der Waals surface area (Å²) in [5.74, 6) is 0.895. The van der Waals surface area contributed by atoms with E-state index in [0.29, 0.717) is 12.1 Å². The van der Waals surface area contributed by atoms with Crippen LogP contribution in [0.3, 0.4) is 0 Å². The van der Waals surface area contributed by atoms with Crippen molar-refractivity contribution in [2.75, 3.05) is 7.11 Å². The van der Waals surface area contributed by atoms with E-state index in [1.165, 1.54) is 12.0 Å². The van der Waals surface area contributed by atoms with Gasteiger partial charge in [0.15, 0.2) is 0 Å². The van der Waals surface area contributed by atoms with Crippen LogP contribution in [-0.4, -0.2) is 24.4 Å². The third-order valence-electron chi connectivity index (χ3n) is 4.01. The van der Waals surface area contributed by atoms with Crippen molar-refractivity contribution in [1.29, 1.82) is 0 Å². The molecule has 1 aromatic rings. The van der Waals surface area contributed by atoms with Crippen LogP contribution >= 0.6 is 0 Å². The highest BCUT2D eigenvalue weighted by atomic mass is 16.5. The van der Waals surface area contributed by atoms with Gasteiger partial charge >= 0.3 is 0 Å². The first-order valence-electron chi connectivity index (χ1n) is 7.31. The molecule has 1 fully saturated rings. The second kappa shape index (κ2) is 6.92. The molecule has 0 aromatic heterocycles. The number of nitrogens with one attached hydrogen (secondary N) is 1. The van der Waals surface area contributed by atoms with E-state index in [0.717, 1.165) is 31.4 Å². The van der Waals surface area contributed by atoms with E-state index in [1.807, 2.05) is 12.1 Å². The number of rotatable bonds is 5. The Morgan fingerprint density at radius 1 is 1.32 bits per heavy atom. The van der Waals surface area contributed by atoms with Gasteiger partial charge in [0.1, 0.15) is 5.75 Å². The minimum atomic E-state index is -0.125. The van der Waals surface area contributed by atoms with Crippen molar-refractivity contribution in [3.05, 3.63) is 29.8 Å². The molecule has 1 aliphatic rings. The van der Waals surface area contributed by atoms with Crippen molar-refractivity contribution >= 4 is 0 Å². The molecule has 3 atom stereocenters. The van der Waals surface area contributed by atoms with Crippen LogP contribution in [0.25, 0.3) is 0 Å². The second-order valence-corrected chi connectivity index (χ2v) is 5.42. The molecule has 3 unspecified atom stereocenters. The van der Waals surface area contributed by atoms with Crippen LogP contribution in [0.5, 0.6) is 5.75 Å². The molecule has 0 spiro atoms. The van der Waals surface area contributed by atoms with E-state index in [1.54, 1.807) is 7.11 Å². The van der Waals surface area contributed by atoms with Gasteiger partial charge in [-0.15, -0.1) is 0 Å². The van der Waals surface area contributed by atoms with Crippen molar-refractivity contribution in [1.82, 2.24) is 5.32 Å². The number of hydrogen-bond acceptors (Lipinski definition) is 3. The average molecular weight is 263 g/mol. The van der Waals surface area contributed by atoms with Crippen LogP contribution in [0.15, 0.2) is 24.3 Å². The van der Waals surface area contributed by atoms with Crippen LogP contribution in [0.2, 0.25) is 0 Å². The lowest BCUT2D eigenvalue weighted by Crippen LogP contribution is -2.38. The van der Waals surface area contributed by atoms with E-state index in [4.69, 9.17) is 4.74 Å². The molecular formula is C16H25NO2. The number of aliphatic hydroxyl groups excluding tert-OH is 1. The van der Waals surface area contributed by atoms with E-state index in [9.17, 15) is 5.11 Å². The van der Waals surface area contributed by atoms with Gasteiger partial charge in [0.25, 0.3) is 0 Å². The molecule has 0 saturated heterocycles. The highest BCUT2D eigenvalue weighted by molar-refractivity contribution is 5.29. The fraction of sp³-hybridized carbons (Fsp3) is 0.625. The first-order chi connectivity index (χ1) is 9.22. The Labute approximate surface area is 116 Å². The summed E-state index contributed by atoms with van der Waals surface area (Å²) in [6, 6.07) is 9.07. The minimum Gasteiger partial charge on any atom is -0.497 e. The predicted molar refractivity (Wildman–Crippen MR) is 77.4 cm³/mol. The molecule has 1 aliphatic carbocycles. The summed E-state index contributed by atoms with van der Waals surface area (Å²) in [5, 5.41) is 13.4. The topological polar surface area (TPSA) is 41.5 Å². The normalized spacial score (nSPS) is 25.0. The van der Waals surface area contributed by atoms with Crippen LogP contribution in [0.4, 0.5) is 0 Å². The highest BCUT2D eigenvalue weighted by Crippen LogP contribution is 2.25. The molecule has 106 valence electrons. The Balaban J connectivity index is 1.98. The second-order valence-electron chi connectivity index (χ2n) is 5.42. The van der Waals surface area contributed by atoms with Crippen molar-refractivity contribution < 1.29 is 9.84 Å². The van der Waals surface area contributed by atoms with Crippen LogP contribution in [-0.2, 0) is 0 Å². The molecule has 3 nitrogen and oxygen atoms in total. The zero-order valence-electron chi connectivity index (χ0n) is 11.9. The first kappa shape index (κ1) is 14.4. The summed E-state index contributed by atoms with van der Waals surface area (Å²) >= 11 is 0. The standard InChI is InChI=1S/C16H25NO2/c1-3-16(12-7-9-15(19-2)10-8-12)17-13-5-4-6-14(18)11-13/h7-10,13-14,16-18H,3-6,11H2,1-2H3. The van der Waals surface area contributed by atoms with Gasteiger partial charge in [-0.1, -0.05) is 19.1 Å². The summed E-state index contributed by atoms with van der Waals surface area (Å²) < 4.78 is 5.19. The first-order valence-corrected chi connectivity index (χ1v) is 7.31. The van der Waals surface area contributed by atoms with Crippen molar-refractivity contribution in [3.8, 4) is 5.75 Å². The molecule has 1 aromatic carbocycles. The molecular weight excluding hydrogens is 238 g/mol. The van der Waals surface area contributed by atoms with E-state index >= 15 is 0 Å². The smallest absolute Gasteiger partial charge is 0.118 e. The molecule has 2 N–H and O–H groups in total. The Hall–Kier alpha value is -1.06. The number of hydrogen-bond donors (Lipinski definition) is 2. The minimum absolute atomic E-state index is 0.125. The Morgan fingerprint density at radius 3 is 2.63 bits per heavy atom. The highest BCUT2D eigenvalue weighted by Gasteiger charge is 2.22. The summed E-state index contributed by atoms with van der Waals surface area (Å²) in [4.78, 5) is 0. The van der Waals surface area contributed by atoms with Gasteiger partial charge in [-0.3, -0.25) is 0 Å². The average Bonchev–Trinajstić information content (AvgIpc) is 2.45. The van der Waals surface area contributed by atoms with Gasteiger partial charge in [0.2, 0.25) is 0 Å². The lowest BCUT2D eigenvalue weighted by molar-refractivity contribution is 0.108. The molecule has 1 saturated carbocycles. The SMILES string of the molecule is CCC(NC1CCCC(O)C1)c1ccc(OC)cc1. The zero-order valence-corrected chi connectivity index (χ0v) is 11.9. The molecule has 0 aliphatic heterocycles. The number of methoxy groups -OCH3 is 1. The van der Waals surface area contributed by atoms with Crippen molar-refractivity contribution in [2.45, 2.75) is 57.2 Å². The molecule has 0 heterocycles. The maximum atomic E-state index is 9.75. The Bertz CT molecular complexity index is 377. The molecule has 0 amide bonds. The summed E-state index contributed by atoms with van der Waals surface area (Å²) in [6.07, 6.45) is 5.06. The number of ether oxygens (including phenoxy) is 1. The van der Waals surface area contributed by atoms with E-state index < -0.39 is 0 Å². The van der Waals surface area contributed by atoms with E-state index in [-0.39, 0.29) is 6.10 Å². The van der Waals surface area contributed by atoms with Gasteiger partial charge in [0.05, 0.1) is 13.2 Å². The zero-order chi connectivity index (χ0) is 13.7.